The van der Waals surface area contributed by atoms with Crippen molar-refractivity contribution in [1.82, 2.24) is 10.2 Å². The van der Waals surface area contributed by atoms with Crippen LogP contribution in [-0.2, 0) is 6.54 Å². The highest BCUT2D eigenvalue weighted by atomic mass is 35.5. The van der Waals surface area contributed by atoms with Crippen LogP contribution in [-0.4, -0.2) is 44.8 Å². The standard InChI is InChI=1S/C14H22N2O2.ClH/c1-11-9-15-6-7-16(11)10-12-4-5-13(17-2)14(8-12)18-3;/h4-5,8,11,15H,6-7,9-10H2,1-3H3;1H. The molecular formula is C14H23ClN2O2. The smallest absolute Gasteiger partial charge is 0.161 e. The molecule has 1 unspecified atom stereocenters. The van der Waals surface area contributed by atoms with Crippen LogP contribution in [0.2, 0.25) is 0 Å². The number of piperazine rings is 1. The molecule has 0 spiro atoms. The van der Waals surface area contributed by atoms with Crippen molar-refractivity contribution in [1.29, 1.82) is 0 Å². The van der Waals surface area contributed by atoms with Gasteiger partial charge in [-0.15, -0.1) is 12.4 Å². The maximum Gasteiger partial charge on any atom is 0.161 e. The number of halogens is 1. The van der Waals surface area contributed by atoms with Crippen molar-refractivity contribution in [3.05, 3.63) is 23.8 Å². The lowest BCUT2D eigenvalue weighted by molar-refractivity contribution is 0.165. The van der Waals surface area contributed by atoms with E-state index in [1.807, 2.05) is 6.07 Å². The number of hydrogen-bond acceptors (Lipinski definition) is 4. The van der Waals surface area contributed by atoms with E-state index in [-0.39, 0.29) is 12.4 Å². The maximum atomic E-state index is 5.34. The van der Waals surface area contributed by atoms with E-state index in [4.69, 9.17) is 9.47 Å². The average molecular weight is 287 g/mol. The molecule has 1 aromatic carbocycles. The minimum absolute atomic E-state index is 0. The Kier molecular flexibility index (Phi) is 6.42. The SMILES string of the molecule is COc1ccc(CN2CCNCC2C)cc1OC.Cl. The van der Waals surface area contributed by atoms with Crippen molar-refractivity contribution in [2.75, 3.05) is 33.9 Å². The molecule has 1 saturated heterocycles. The molecular weight excluding hydrogens is 264 g/mol. The summed E-state index contributed by atoms with van der Waals surface area (Å²) in [6.07, 6.45) is 0. The van der Waals surface area contributed by atoms with Gasteiger partial charge in [0.1, 0.15) is 0 Å². The Labute approximate surface area is 121 Å². The molecule has 0 bridgehead atoms. The van der Waals surface area contributed by atoms with Gasteiger partial charge in [0, 0.05) is 32.2 Å². The highest BCUT2D eigenvalue weighted by Crippen LogP contribution is 2.28. The van der Waals surface area contributed by atoms with Crippen molar-refractivity contribution in [2.24, 2.45) is 0 Å². The van der Waals surface area contributed by atoms with Crippen molar-refractivity contribution < 1.29 is 9.47 Å². The predicted molar refractivity (Wildman–Crippen MR) is 79.5 cm³/mol. The van der Waals surface area contributed by atoms with Gasteiger partial charge in [-0.3, -0.25) is 4.90 Å². The minimum atomic E-state index is 0. The van der Waals surface area contributed by atoms with Gasteiger partial charge in [-0.1, -0.05) is 6.07 Å². The fourth-order valence-electron chi connectivity index (χ4n) is 2.33. The summed E-state index contributed by atoms with van der Waals surface area (Å²) in [7, 11) is 3.34. The van der Waals surface area contributed by atoms with Gasteiger partial charge < -0.3 is 14.8 Å². The van der Waals surface area contributed by atoms with E-state index in [9.17, 15) is 0 Å². The van der Waals surface area contributed by atoms with E-state index in [2.05, 4.69) is 29.3 Å². The number of methoxy groups -OCH3 is 2. The largest absolute Gasteiger partial charge is 0.493 e. The van der Waals surface area contributed by atoms with E-state index in [1.165, 1.54) is 5.56 Å². The summed E-state index contributed by atoms with van der Waals surface area (Å²) in [6, 6.07) is 6.72. The molecule has 0 aliphatic carbocycles. The van der Waals surface area contributed by atoms with Crippen molar-refractivity contribution in [2.45, 2.75) is 19.5 Å². The second kappa shape index (κ2) is 7.58. The quantitative estimate of drug-likeness (QED) is 0.917. The third-order valence-corrected chi connectivity index (χ3v) is 3.47. The second-order valence-electron chi connectivity index (χ2n) is 4.71. The number of nitrogens with zero attached hydrogens (tertiary/aromatic N) is 1. The average Bonchev–Trinajstić information content (AvgIpc) is 2.41. The first-order valence-corrected chi connectivity index (χ1v) is 6.40. The molecule has 0 aromatic heterocycles. The Morgan fingerprint density at radius 1 is 1.26 bits per heavy atom. The van der Waals surface area contributed by atoms with Gasteiger partial charge in [-0.05, 0) is 24.6 Å². The molecule has 1 atom stereocenters. The summed E-state index contributed by atoms with van der Waals surface area (Å²) < 4.78 is 10.6. The van der Waals surface area contributed by atoms with Crippen LogP contribution in [0.5, 0.6) is 11.5 Å². The summed E-state index contributed by atoms with van der Waals surface area (Å²) in [5.74, 6) is 1.59. The molecule has 1 aliphatic rings. The van der Waals surface area contributed by atoms with Gasteiger partial charge in [0.2, 0.25) is 0 Å². The molecule has 1 aliphatic heterocycles. The predicted octanol–water partition coefficient (Wildman–Crippen LogP) is 1.92. The first-order chi connectivity index (χ1) is 8.74. The highest BCUT2D eigenvalue weighted by molar-refractivity contribution is 5.85. The van der Waals surface area contributed by atoms with Crippen molar-refractivity contribution in [3.63, 3.8) is 0 Å². The zero-order valence-electron chi connectivity index (χ0n) is 11.8. The van der Waals surface area contributed by atoms with Crippen LogP contribution in [0.15, 0.2) is 18.2 Å². The van der Waals surface area contributed by atoms with Gasteiger partial charge in [0.25, 0.3) is 0 Å². The lowest BCUT2D eigenvalue weighted by atomic mass is 10.1. The van der Waals surface area contributed by atoms with E-state index >= 15 is 0 Å². The van der Waals surface area contributed by atoms with E-state index < -0.39 is 0 Å². The van der Waals surface area contributed by atoms with Gasteiger partial charge in [-0.2, -0.15) is 0 Å². The van der Waals surface area contributed by atoms with Crippen LogP contribution in [0.3, 0.4) is 0 Å². The van der Waals surface area contributed by atoms with Crippen LogP contribution in [0.1, 0.15) is 12.5 Å². The van der Waals surface area contributed by atoms with Crippen molar-refractivity contribution in [3.8, 4) is 11.5 Å². The molecule has 1 aromatic rings. The van der Waals surface area contributed by atoms with E-state index in [0.717, 1.165) is 37.7 Å². The number of nitrogens with one attached hydrogen (secondary N) is 1. The molecule has 5 heteroatoms. The van der Waals surface area contributed by atoms with Crippen LogP contribution in [0.25, 0.3) is 0 Å². The number of benzene rings is 1. The zero-order chi connectivity index (χ0) is 13.0. The fraction of sp³-hybridized carbons (Fsp3) is 0.571. The van der Waals surface area contributed by atoms with Crippen LogP contribution >= 0.6 is 12.4 Å². The number of hydrogen-bond donors (Lipinski definition) is 1. The molecule has 1 N–H and O–H groups in total. The Balaban J connectivity index is 0.00000180. The summed E-state index contributed by atoms with van der Waals surface area (Å²) in [5, 5.41) is 3.40. The molecule has 2 rings (SSSR count). The molecule has 19 heavy (non-hydrogen) atoms. The van der Waals surface area contributed by atoms with E-state index in [1.54, 1.807) is 14.2 Å². The molecule has 0 amide bonds. The third-order valence-electron chi connectivity index (χ3n) is 3.47. The molecule has 4 nitrogen and oxygen atoms in total. The Morgan fingerprint density at radius 3 is 2.63 bits per heavy atom. The zero-order valence-corrected chi connectivity index (χ0v) is 12.6. The molecule has 1 heterocycles. The first kappa shape index (κ1) is 16.1. The Bertz CT molecular complexity index is 401. The number of ether oxygens (including phenoxy) is 2. The normalized spacial score (nSPS) is 19.6. The first-order valence-electron chi connectivity index (χ1n) is 6.40. The minimum Gasteiger partial charge on any atom is -0.493 e. The molecule has 1 fully saturated rings. The van der Waals surface area contributed by atoms with Crippen LogP contribution < -0.4 is 14.8 Å². The van der Waals surface area contributed by atoms with Gasteiger partial charge in [0.05, 0.1) is 14.2 Å². The second-order valence-corrected chi connectivity index (χ2v) is 4.71. The van der Waals surface area contributed by atoms with Crippen LogP contribution in [0.4, 0.5) is 0 Å². The lowest BCUT2D eigenvalue weighted by Crippen LogP contribution is -2.49. The number of rotatable bonds is 4. The molecule has 0 radical (unpaired) electrons. The Morgan fingerprint density at radius 2 is 2.00 bits per heavy atom. The summed E-state index contributed by atoms with van der Waals surface area (Å²) in [6.45, 7) is 6.44. The van der Waals surface area contributed by atoms with Gasteiger partial charge in [0.15, 0.2) is 11.5 Å². The monoisotopic (exact) mass is 286 g/mol. The van der Waals surface area contributed by atoms with Crippen molar-refractivity contribution >= 4 is 12.4 Å². The summed E-state index contributed by atoms with van der Waals surface area (Å²) >= 11 is 0. The third kappa shape index (κ3) is 4.00. The maximum absolute atomic E-state index is 5.34. The highest BCUT2D eigenvalue weighted by Gasteiger charge is 2.18. The summed E-state index contributed by atoms with van der Waals surface area (Å²) in [4.78, 5) is 2.48. The van der Waals surface area contributed by atoms with Crippen LogP contribution in [0, 0.1) is 0 Å². The Hall–Kier alpha value is -0.970. The van der Waals surface area contributed by atoms with Gasteiger partial charge >= 0.3 is 0 Å². The van der Waals surface area contributed by atoms with E-state index in [0.29, 0.717) is 6.04 Å². The fourth-order valence-corrected chi connectivity index (χ4v) is 2.33. The topological polar surface area (TPSA) is 33.7 Å². The molecule has 0 saturated carbocycles. The summed E-state index contributed by atoms with van der Waals surface area (Å²) in [5.41, 5.74) is 1.27. The molecule has 108 valence electrons. The van der Waals surface area contributed by atoms with Gasteiger partial charge in [-0.25, -0.2) is 0 Å². The lowest BCUT2D eigenvalue weighted by Gasteiger charge is -2.34.